The van der Waals surface area contributed by atoms with Gasteiger partial charge in [-0.05, 0) is 51.0 Å². The molecular formula is C30H27F3N8O3. The Morgan fingerprint density at radius 3 is 2.57 bits per heavy atom. The molecule has 5 aromatic rings. The number of rotatable bonds is 5. The number of alkyl halides is 3. The molecule has 1 aromatic carbocycles. The zero-order chi connectivity index (χ0) is 31.2. The van der Waals surface area contributed by atoms with Crippen molar-refractivity contribution in [2.24, 2.45) is 0 Å². The number of aryl methyl sites for hydroxylation is 2. The van der Waals surface area contributed by atoms with Gasteiger partial charge >= 0.3 is 6.18 Å². The quantitative estimate of drug-likeness (QED) is 0.276. The summed E-state index contributed by atoms with van der Waals surface area (Å²) in [5.74, 6) is 0.391. The van der Waals surface area contributed by atoms with E-state index in [1.54, 1.807) is 55.4 Å². The van der Waals surface area contributed by atoms with E-state index in [2.05, 4.69) is 20.4 Å². The fraction of sp³-hybridized carbons (Fsp3) is 0.267. The van der Waals surface area contributed by atoms with Crippen LogP contribution in [0, 0.1) is 13.8 Å². The van der Waals surface area contributed by atoms with Gasteiger partial charge in [-0.25, -0.2) is 15.0 Å². The largest absolute Gasteiger partial charge is 0.416 e. The number of nitrogens with one attached hydrogen (secondary N) is 1. The normalized spacial score (nSPS) is 15.5. The van der Waals surface area contributed by atoms with Gasteiger partial charge < -0.3 is 20.5 Å². The molecule has 1 saturated heterocycles. The van der Waals surface area contributed by atoms with Gasteiger partial charge in [0.2, 0.25) is 0 Å². The van der Waals surface area contributed by atoms with E-state index < -0.39 is 17.6 Å². The molecule has 0 saturated carbocycles. The smallest absolute Gasteiger partial charge is 0.382 e. The highest BCUT2D eigenvalue weighted by atomic mass is 19.4. The van der Waals surface area contributed by atoms with E-state index in [0.29, 0.717) is 46.9 Å². The van der Waals surface area contributed by atoms with Crippen molar-refractivity contribution in [1.29, 1.82) is 0 Å². The topological polar surface area (TPSA) is 145 Å². The summed E-state index contributed by atoms with van der Waals surface area (Å²) in [4.78, 5) is 41.0. The van der Waals surface area contributed by atoms with Crippen molar-refractivity contribution in [3.63, 3.8) is 0 Å². The number of imidazole rings is 1. The standard InChI is InChI=1S/C30H27F3N8O3/c1-16-23(17(2)44-39-16)29(43)40-12-3-4-20(15-40)27-38-24(25-26(34)36-11-13-41(25)27)18-5-7-19(8-6-18)28(42)37-22-14-21(9-10-35-22)30(31,32)33/h5-11,13-14,20H,3-4,12,15H2,1-2H3,(H2,34,36)(H,35,37,42). The summed E-state index contributed by atoms with van der Waals surface area (Å²) in [6.45, 7) is 4.49. The zero-order valence-corrected chi connectivity index (χ0v) is 23.7. The van der Waals surface area contributed by atoms with Crippen LogP contribution < -0.4 is 11.1 Å². The number of aromatic nitrogens is 5. The van der Waals surface area contributed by atoms with Crippen LogP contribution in [0.25, 0.3) is 16.8 Å². The first-order chi connectivity index (χ1) is 21.0. The van der Waals surface area contributed by atoms with Crippen LogP contribution >= 0.6 is 0 Å². The molecule has 44 heavy (non-hydrogen) atoms. The number of piperidine rings is 1. The van der Waals surface area contributed by atoms with E-state index in [4.69, 9.17) is 15.2 Å². The predicted octanol–water partition coefficient (Wildman–Crippen LogP) is 5.27. The Morgan fingerprint density at radius 2 is 1.86 bits per heavy atom. The Morgan fingerprint density at radius 1 is 1.09 bits per heavy atom. The van der Waals surface area contributed by atoms with Crippen molar-refractivity contribution in [3.05, 3.63) is 89.0 Å². The number of hydrogen-bond acceptors (Lipinski definition) is 8. The third-order valence-electron chi connectivity index (χ3n) is 7.68. The first-order valence-corrected chi connectivity index (χ1v) is 13.8. The fourth-order valence-corrected chi connectivity index (χ4v) is 5.54. The maximum absolute atomic E-state index is 13.4. The van der Waals surface area contributed by atoms with Crippen molar-refractivity contribution in [2.45, 2.75) is 38.8 Å². The zero-order valence-electron chi connectivity index (χ0n) is 23.7. The molecular weight excluding hydrogens is 577 g/mol. The van der Waals surface area contributed by atoms with Gasteiger partial charge in [-0.3, -0.25) is 14.0 Å². The summed E-state index contributed by atoms with van der Waals surface area (Å²) in [5, 5.41) is 6.32. The van der Waals surface area contributed by atoms with Gasteiger partial charge in [0.1, 0.15) is 40.0 Å². The number of carbonyl (C=O) groups excluding carboxylic acids is 2. The van der Waals surface area contributed by atoms with Gasteiger partial charge in [-0.1, -0.05) is 17.3 Å². The van der Waals surface area contributed by atoms with Crippen LogP contribution in [0.2, 0.25) is 0 Å². The average molecular weight is 605 g/mol. The van der Waals surface area contributed by atoms with Gasteiger partial charge in [-0.15, -0.1) is 0 Å². The lowest BCUT2D eigenvalue weighted by Gasteiger charge is -2.32. The molecule has 1 atom stereocenters. The molecule has 6 rings (SSSR count). The van der Waals surface area contributed by atoms with Crippen LogP contribution in [0.5, 0.6) is 0 Å². The molecule has 11 nitrogen and oxygen atoms in total. The van der Waals surface area contributed by atoms with E-state index in [0.717, 1.165) is 37.0 Å². The Hall–Kier alpha value is -5.27. The minimum absolute atomic E-state index is 0.0961. The second kappa shape index (κ2) is 11.1. The summed E-state index contributed by atoms with van der Waals surface area (Å²) in [6.07, 6.45) is 1.36. The minimum Gasteiger partial charge on any atom is -0.382 e. The number of benzene rings is 1. The second-order valence-electron chi connectivity index (χ2n) is 10.6. The van der Waals surface area contributed by atoms with Crippen molar-refractivity contribution >= 4 is 29.0 Å². The second-order valence-corrected chi connectivity index (χ2v) is 10.6. The van der Waals surface area contributed by atoms with Crippen molar-refractivity contribution in [1.82, 2.24) is 29.4 Å². The van der Waals surface area contributed by atoms with Gasteiger partial charge in [0.15, 0.2) is 0 Å². The lowest BCUT2D eigenvalue weighted by molar-refractivity contribution is -0.137. The molecule has 0 bridgehead atoms. The third kappa shape index (κ3) is 5.34. The number of halogens is 3. The molecule has 2 amide bonds. The number of fused-ring (bicyclic) bond motifs is 1. The van der Waals surface area contributed by atoms with Crippen LogP contribution in [-0.4, -0.2) is 54.3 Å². The van der Waals surface area contributed by atoms with Gasteiger partial charge in [-0.2, -0.15) is 13.2 Å². The molecule has 0 aliphatic carbocycles. The molecule has 1 fully saturated rings. The highest BCUT2D eigenvalue weighted by Crippen LogP contribution is 2.35. The summed E-state index contributed by atoms with van der Waals surface area (Å²) in [6, 6.07) is 8.05. The number of likely N-dealkylation sites (tertiary alicyclic amines) is 1. The number of nitrogens with two attached hydrogens (primary N) is 1. The van der Waals surface area contributed by atoms with Gasteiger partial charge in [0.05, 0.1) is 11.3 Å². The van der Waals surface area contributed by atoms with E-state index in [-0.39, 0.29) is 29.0 Å². The molecule has 0 spiro atoms. The highest BCUT2D eigenvalue weighted by molar-refractivity contribution is 6.04. The van der Waals surface area contributed by atoms with Crippen LogP contribution in [0.4, 0.5) is 24.8 Å². The minimum atomic E-state index is -4.56. The number of amides is 2. The Labute approximate surface area is 248 Å². The molecule has 1 unspecified atom stereocenters. The van der Waals surface area contributed by atoms with Crippen LogP contribution in [-0.2, 0) is 6.18 Å². The molecule has 4 aromatic heterocycles. The van der Waals surface area contributed by atoms with Crippen molar-refractivity contribution in [3.8, 4) is 11.3 Å². The summed E-state index contributed by atoms with van der Waals surface area (Å²) >= 11 is 0. The Kier molecular flexibility index (Phi) is 7.27. The molecule has 3 N–H and O–H groups in total. The highest BCUT2D eigenvalue weighted by Gasteiger charge is 2.32. The van der Waals surface area contributed by atoms with Crippen molar-refractivity contribution < 1.29 is 27.3 Å². The fourth-order valence-electron chi connectivity index (χ4n) is 5.54. The summed E-state index contributed by atoms with van der Waals surface area (Å²) < 4.78 is 46.2. The first kappa shape index (κ1) is 28.8. The molecule has 5 heterocycles. The lowest BCUT2D eigenvalue weighted by atomic mass is 9.96. The maximum Gasteiger partial charge on any atom is 0.416 e. The average Bonchev–Trinajstić information content (AvgIpc) is 3.57. The summed E-state index contributed by atoms with van der Waals surface area (Å²) in [7, 11) is 0. The predicted molar refractivity (Wildman–Crippen MR) is 154 cm³/mol. The molecule has 0 radical (unpaired) electrons. The Bertz CT molecular complexity index is 1860. The number of pyridine rings is 1. The first-order valence-electron chi connectivity index (χ1n) is 13.8. The van der Waals surface area contributed by atoms with Crippen LogP contribution in [0.15, 0.2) is 59.5 Å². The van der Waals surface area contributed by atoms with E-state index in [1.165, 1.54) is 0 Å². The van der Waals surface area contributed by atoms with Gasteiger partial charge in [0.25, 0.3) is 11.8 Å². The lowest BCUT2D eigenvalue weighted by Crippen LogP contribution is -2.40. The number of anilines is 2. The van der Waals surface area contributed by atoms with Crippen LogP contribution in [0.3, 0.4) is 0 Å². The SMILES string of the molecule is Cc1noc(C)c1C(=O)N1CCCC(c2nc(-c3ccc(C(=O)Nc4cc(C(F)(F)F)ccn4)cc3)c3c(N)nccn23)C1. The van der Waals surface area contributed by atoms with Crippen LogP contribution in [0.1, 0.15) is 62.3 Å². The number of hydrogen-bond donors (Lipinski definition) is 2. The molecule has 226 valence electrons. The summed E-state index contributed by atoms with van der Waals surface area (Å²) in [5.41, 5.74) is 8.41. The van der Waals surface area contributed by atoms with Crippen molar-refractivity contribution in [2.75, 3.05) is 24.1 Å². The number of nitrogen functional groups attached to an aromatic ring is 1. The number of carbonyl (C=O) groups is 2. The third-order valence-corrected chi connectivity index (χ3v) is 7.68. The maximum atomic E-state index is 13.4. The van der Waals surface area contributed by atoms with E-state index >= 15 is 0 Å². The monoisotopic (exact) mass is 604 g/mol. The molecule has 1 aliphatic heterocycles. The van der Waals surface area contributed by atoms with E-state index in [9.17, 15) is 22.8 Å². The van der Waals surface area contributed by atoms with Gasteiger partial charge in [0, 0.05) is 48.7 Å². The Balaban J connectivity index is 1.27. The number of nitrogens with zero attached hydrogens (tertiary/aromatic N) is 6. The molecule has 1 aliphatic rings. The van der Waals surface area contributed by atoms with E-state index in [1.807, 2.05) is 4.40 Å². The molecule has 14 heteroatoms.